The SMILES string of the molecule is O=C(CCl)c1csc(-c2ccccc2OC(F)F)n1. The maximum atomic E-state index is 12.3. The lowest BCUT2D eigenvalue weighted by molar-refractivity contribution is -0.0494. The molecule has 0 bridgehead atoms. The van der Waals surface area contributed by atoms with Gasteiger partial charge in [0, 0.05) is 5.38 Å². The molecule has 0 unspecified atom stereocenters. The van der Waals surface area contributed by atoms with E-state index in [2.05, 4.69) is 9.72 Å². The first kappa shape index (κ1) is 13.9. The number of ether oxygens (including phenoxy) is 1. The Hall–Kier alpha value is -1.53. The molecule has 0 aliphatic rings. The van der Waals surface area contributed by atoms with Gasteiger partial charge in [0.25, 0.3) is 0 Å². The molecule has 2 rings (SSSR count). The zero-order valence-corrected chi connectivity index (χ0v) is 11.0. The van der Waals surface area contributed by atoms with Crippen molar-refractivity contribution >= 4 is 28.7 Å². The number of halogens is 3. The quantitative estimate of drug-likeness (QED) is 0.622. The van der Waals surface area contributed by atoms with Gasteiger partial charge in [-0.1, -0.05) is 12.1 Å². The van der Waals surface area contributed by atoms with Crippen LogP contribution in [0.4, 0.5) is 8.78 Å². The van der Waals surface area contributed by atoms with Crippen LogP contribution in [-0.2, 0) is 0 Å². The summed E-state index contributed by atoms with van der Waals surface area (Å²) in [5.74, 6) is -0.452. The fraction of sp³-hybridized carbons (Fsp3) is 0.167. The first-order valence-corrected chi connectivity index (χ1v) is 6.62. The zero-order valence-electron chi connectivity index (χ0n) is 9.48. The summed E-state index contributed by atoms with van der Waals surface area (Å²) in [6, 6.07) is 6.29. The summed E-state index contributed by atoms with van der Waals surface area (Å²) in [7, 11) is 0. The number of carbonyl (C=O) groups is 1. The number of thiazole rings is 1. The van der Waals surface area contributed by atoms with E-state index >= 15 is 0 Å². The van der Waals surface area contributed by atoms with E-state index in [-0.39, 0.29) is 23.1 Å². The van der Waals surface area contributed by atoms with Crippen LogP contribution < -0.4 is 4.74 Å². The number of hydrogen-bond donors (Lipinski definition) is 0. The smallest absolute Gasteiger partial charge is 0.387 e. The number of benzene rings is 1. The molecule has 0 aliphatic carbocycles. The van der Waals surface area contributed by atoms with Crippen LogP contribution >= 0.6 is 22.9 Å². The molecule has 0 N–H and O–H groups in total. The molecule has 1 aromatic heterocycles. The summed E-state index contributed by atoms with van der Waals surface area (Å²) in [6.45, 7) is -2.91. The Morgan fingerprint density at radius 1 is 1.42 bits per heavy atom. The molecule has 0 saturated heterocycles. The Balaban J connectivity index is 2.36. The van der Waals surface area contributed by atoms with Gasteiger partial charge in [-0.05, 0) is 12.1 Å². The van der Waals surface area contributed by atoms with Gasteiger partial charge in [0.05, 0.1) is 11.4 Å². The molecule has 2 aromatic rings. The molecule has 7 heteroatoms. The normalized spacial score (nSPS) is 10.7. The molecule has 0 amide bonds. The molecule has 19 heavy (non-hydrogen) atoms. The highest BCUT2D eigenvalue weighted by Gasteiger charge is 2.15. The fourth-order valence-corrected chi connectivity index (χ4v) is 2.43. The maximum Gasteiger partial charge on any atom is 0.387 e. The van der Waals surface area contributed by atoms with Crippen LogP contribution in [0, 0.1) is 0 Å². The molecule has 0 fully saturated rings. The third kappa shape index (κ3) is 3.27. The predicted molar refractivity (Wildman–Crippen MR) is 69.2 cm³/mol. The number of para-hydroxylation sites is 1. The fourth-order valence-electron chi connectivity index (χ4n) is 1.44. The summed E-state index contributed by atoms with van der Waals surface area (Å²) >= 11 is 6.61. The number of rotatable bonds is 5. The lowest BCUT2D eigenvalue weighted by atomic mass is 10.2. The number of hydrogen-bond acceptors (Lipinski definition) is 4. The molecular formula is C12H8ClF2NO2S. The topological polar surface area (TPSA) is 39.2 Å². The molecular weight excluding hydrogens is 296 g/mol. The van der Waals surface area contributed by atoms with Gasteiger partial charge >= 0.3 is 6.61 Å². The Labute approximate surface area is 116 Å². The van der Waals surface area contributed by atoms with Gasteiger partial charge in [-0.3, -0.25) is 4.79 Å². The minimum Gasteiger partial charge on any atom is -0.434 e. The van der Waals surface area contributed by atoms with Crippen molar-refractivity contribution in [3.63, 3.8) is 0 Å². The van der Waals surface area contributed by atoms with Crippen molar-refractivity contribution < 1.29 is 18.3 Å². The Kier molecular flexibility index (Phi) is 4.44. The van der Waals surface area contributed by atoms with Crippen LogP contribution in [0.3, 0.4) is 0 Å². The lowest BCUT2D eigenvalue weighted by Gasteiger charge is -2.08. The maximum absolute atomic E-state index is 12.3. The second-order valence-corrected chi connectivity index (χ2v) is 4.59. The van der Waals surface area contributed by atoms with Crippen molar-refractivity contribution in [3.8, 4) is 16.3 Å². The Bertz CT molecular complexity index is 589. The first-order valence-electron chi connectivity index (χ1n) is 5.20. The average molecular weight is 304 g/mol. The van der Waals surface area contributed by atoms with Crippen molar-refractivity contribution in [2.75, 3.05) is 5.88 Å². The number of nitrogens with zero attached hydrogens (tertiary/aromatic N) is 1. The number of alkyl halides is 3. The highest BCUT2D eigenvalue weighted by atomic mass is 35.5. The van der Waals surface area contributed by atoms with Crippen LogP contribution in [-0.4, -0.2) is 23.3 Å². The minimum absolute atomic E-state index is 0.0247. The van der Waals surface area contributed by atoms with Crippen LogP contribution in [0.5, 0.6) is 5.75 Å². The van der Waals surface area contributed by atoms with Crippen molar-refractivity contribution in [3.05, 3.63) is 35.3 Å². The van der Waals surface area contributed by atoms with Gasteiger partial charge < -0.3 is 4.74 Å². The summed E-state index contributed by atoms with van der Waals surface area (Å²) in [6.07, 6.45) is 0. The van der Waals surface area contributed by atoms with Gasteiger partial charge in [-0.2, -0.15) is 8.78 Å². The van der Waals surface area contributed by atoms with E-state index < -0.39 is 6.61 Å². The summed E-state index contributed by atoms with van der Waals surface area (Å²) in [5, 5.41) is 1.98. The monoisotopic (exact) mass is 303 g/mol. The van der Waals surface area contributed by atoms with E-state index in [1.165, 1.54) is 17.4 Å². The zero-order chi connectivity index (χ0) is 13.8. The van der Waals surface area contributed by atoms with Gasteiger partial charge in [-0.15, -0.1) is 22.9 Å². The molecule has 3 nitrogen and oxygen atoms in total. The number of aromatic nitrogens is 1. The highest BCUT2D eigenvalue weighted by molar-refractivity contribution is 7.13. The van der Waals surface area contributed by atoms with Gasteiger partial charge in [-0.25, -0.2) is 4.98 Å². The van der Waals surface area contributed by atoms with Crippen molar-refractivity contribution in [1.82, 2.24) is 4.98 Å². The van der Waals surface area contributed by atoms with E-state index in [4.69, 9.17) is 11.6 Å². The van der Waals surface area contributed by atoms with Crippen LogP contribution in [0.25, 0.3) is 10.6 Å². The average Bonchev–Trinajstić information content (AvgIpc) is 2.87. The molecule has 1 aromatic carbocycles. The molecule has 0 aliphatic heterocycles. The largest absolute Gasteiger partial charge is 0.434 e. The summed E-state index contributed by atoms with van der Waals surface area (Å²) < 4.78 is 29.0. The molecule has 0 atom stereocenters. The van der Waals surface area contributed by atoms with E-state index in [9.17, 15) is 13.6 Å². The Morgan fingerprint density at radius 2 is 2.16 bits per heavy atom. The predicted octanol–water partition coefficient (Wildman–Crippen LogP) is 3.83. The van der Waals surface area contributed by atoms with E-state index in [0.717, 1.165) is 0 Å². The van der Waals surface area contributed by atoms with Crippen LogP contribution in [0.1, 0.15) is 10.5 Å². The van der Waals surface area contributed by atoms with E-state index in [1.807, 2.05) is 0 Å². The lowest BCUT2D eigenvalue weighted by Crippen LogP contribution is -2.03. The summed E-state index contributed by atoms with van der Waals surface area (Å²) in [4.78, 5) is 15.5. The highest BCUT2D eigenvalue weighted by Crippen LogP contribution is 2.33. The van der Waals surface area contributed by atoms with Gasteiger partial charge in [0.2, 0.25) is 0 Å². The molecule has 0 spiro atoms. The molecule has 0 saturated carbocycles. The number of Topliss-reactive ketones (excluding diaryl/α,β-unsaturated/α-hetero) is 1. The number of ketones is 1. The Morgan fingerprint density at radius 3 is 2.84 bits per heavy atom. The van der Waals surface area contributed by atoms with Crippen molar-refractivity contribution in [2.45, 2.75) is 6.61 Å². The van der Waals surface area contributed by atoms with E-state index in [1.54, 1.807) is 23.6 Å². The standard InChI is InChI=1S/C12H8ClF2NO2S/c13-5-9(17)8-6-19-11(16-8)7-3-1-2-4-10(7)18-12(14)15/h1-4,6,12H,5H2. The minimum atomic E-state index is -2.91. The van der Waals surface area contributed by atoms with Gasteiger partial charge in [0.1, 0.15) is 16.5 Å². The van der Waals surface area contributed by atoms with Crippen LogP contribution in [0.2, 0.25) is 0 Å². The number of carbonyl (C=O) groups excluding carboxylic acids is 1. The van der Waals surface area contributed by atoms with Gasteiger partial charge in [0.15, 0.2) is 5.78 Å². The summed E-state index contributed by atoms with van der Waals surface area (Å²) in [5.41, 5.74) is 0.642. The second kappa shape index (κ2) is 6.08. The third-order valence-corrected chi connectivity index (χ3v) is 3.36. The third-order valence-electron chi connectivity index (χ3n) is 2.24. The first-order chi connectivity index (χ1) is 9.11. The molecule has 100 valence electrons. The van der Waals surface area contributed by atoms with Crippen molar-refractivity contribution in [1.29, 1.82) is 0 Å². The second-order valence-electron chi connectivity index (χ2n) is 3.47. The van der Waals surface area contributed by atoms with Crippen LogP contribution in [0.15, 0.2) is 29.6 Å². The van der Waals surface area contributed by atoms with Crippen molar-refractivity contribution in [2.24, 2.45) is 0 Å². The molecule has 1 heterocycles. The molecule has 0 radical (unpaired) electrons. The van der Waals surface area contributed by atoms with E-state index in [0.29, 0.717) is 10.6 Å².